The summed E-state index contributed by atoms with van der Waals surface area (Å²) >= 11 is 0. The van der Waals surface area contributed by atoms with Gasteiger partial charge in [-0.3, -0.25) is 0 Å². The number of nitrogens with one attached hydrogen (secondary N) is 1. The Kier molecular flexibility index (Phi) is 2.97. The Balaban J connectivity index is 2.32. The van der Waals surface area contributed by atoms with Crippen molar-refractivity contribution >= 4 is 10.0 Å². The van der Waals surface area contributed by atoms with E-state index in [4.69, 9.17) is 5.11 Å². The third-order valence-electron chi connectivity index (χ3n) is 2.88. The van der Waals surface area contributed by atoms with Crippen LogP contribution in [0, 0.1) is 5.82 Å². The second-order valence-corrected chi connectivity index (χ2v) is 6.26. The largest absolute Gasteiger partial charge is 0.392 e. The monoisotopic (exact) mass is 259 g/mol. The van der Waals surface area contributed by atoms with E-state index in [9.17, 15) is 12.8 Å². The number of hydrogen-bond acceptors (Lipinski definition) is 3. The minimum Gasteiger partial charge on any atom is -0.392 e. The highest BCUT2D eigenvalue weighted by molar-refractivity contribution is 7.89. The van der Waals surface area contributed by atoms with Gasteiger partial charge in [0.2, 0.25) is 10.0 Å². The van der Waals surface area contributed by atoms with Crippen molar-refractivity contribution in [3.63, 3.8) is 0 Å². The molecular formula is C11H14FNO3S. The van der Waals surface area contributed by atoms with Gasteiger partial charge in [0.25, 0.3) is 0 Å². The van der Waals surface area contributed by atoms with E-state index < -0.39 is 22.4 Å². The van der Waals surface area contributed by atoms with E-state index >= 15 is 0 Å². The molecule has 0 unspecified atom stereocenters. The molecule has 1 aliphatic rings. The Morgan fingerprint density at radius 1 is 1.47 bits per heavy atom. The lowest BCUT2D eigenvalue weighted by atomic mass is 10.2. The van der Waals surface area contributed by atoms with Gasteiger partial charge in [-0.05, 0) is 38.0 Å². The molecule has 0 atom stereocenters. The van der Waals surface area contributed by atoms with Crippen LogP contribution in [0.15, 0.2) is 23.1 Å². The van der Waals surface area contributed by atoms with Gasteiger partial charge < -0.3 is 5.11 Å². The highest BCUT2D eigenvalue weighted by Crippen LogP contribution is 2.36. The summed E-state index contributed by atoms with van der Waals surface area (Å²) in [4.78, 5) is -0.0175. The zero-order valence-electron chi connectivity index (χ0n) is 9.40. The molecule has 1 saturated carbocycles. The van der Waals surface area contributed by atoms with E-state index in [0.29, 0.717) is 0 Å². The van der Waals surface area contributed by atoms with Gasteiger partial charge in [-0.1, -0.05) is 0 Å². The number of sulfonamides is 1. The molecule has 1 fully saturated rings. The molecule has 94 valence electrons. The number of aliphatic hydroxyl groups excluding tert-OH is 1. The van der Waals surface area contributed by atoms with E-state index in [2.05, 4.69) is 4.72 Å². The summed E-state index contributed by atoms with van der Waals surface area (Å²) in [5.74, 6) is -0.607. The number of benzene rings is 1. The van der Waals surface area contributed by atoms with Crippen molar-refractivity contribution in [2.75, 3.05) is 0 Å². The molecule has 0 radical (unpaired) electrons. The molecule has 0 amide bonds. The summed E-state index contributed by atoms with van der Waals surface area (Å²) in [5.41, 5.74) is -0.388. The van der Waals surface area contributed by atoms with Gasteiger partial charge in [-0.15, -0.1) is 0 Å². The fourth-order valence-electron chi connectivity index (χ4n) is 1.51. The summed E-state index contributed by atoms with van der Waals surface area (Å²) in [7, 11) is -3.63. The lowest BCUT2D eigenvalue weighted by Gasteiger charge is -2.12. The maximum atomic E-state index is 13.1. The van der Waals surface area contributed by atoms with Crippen LogP contribution < -0.4 is 4.72 Å². The molecule has 1 aromatic rings. The minimum atomic E-state index is -3.63. The van der Waals surface area contributed by atoms with Crippen molar-refractivity contribution in [2.45, 2.75) is 36.8 Å². The summed E-state index contributed by atoms with van der Waals surface area (Å²) in [5, 5.41) is 8.90. The normalized spacial score (nSPS) is 18.1. The molecule has 6 heteroatoms. The van der Waals surface area contributed by atoms with Crippen LogP contribution in [0.5, 0.6) is 0 Å². The van der Waals surface area contributed by atoms with Crippen LogP contribution in [0.1, 0.15) is 25.3 Å². The Morgan fingerprint density at radius 3 is 2.65 bits per heavy atom. The van der Waals surface area contributed by atoms with E-state index in [1.54, 1.807) is 0 Å². The highest BCUT2D eigenvalue weighted by Gasteiger charge is 2.41. The third-order valence-corrected chi connectivity index (χ3v) is 4.51. The molecule has 0 aliphatic heterocycles. The molecule has 0 spiro atoms. The van der Waals surface area contributed by atoms with Crippen LogP contribution >= 0.6 is 0 Å². The van der Waals surface area contributed by atoms with E-state index in [0.717, 1.165) is 25.0 Å². The van der Waals surface area contributed by atoms with Crippen LogP contribution in [0.4, 0.5) is 4.39 Å². The maximum absolute atomic E-state index is 13.1. The summed E-state index contributed by atoms with van der Waals surface area (Å²) < 4.78 is 39.6. The van der Waals surface area contributed by atoms with Crippen molar-refractivity contribution in [1.82, 2.24) is 4.72 Å². The van der Waals surface area contributed by atoms with Gasteiger partial charge in [0.05, 0.1) is 11.5 Å². The van der Waals surface area contributed by atoms with E-state index in [1.807, 2.05) is 6.92 Å². The average molecular weight is 259 g/mol. The first-order valence-corrected chi connectivity index (χ1v) is 6.78. The Morgan fingerprint density at radius 2 is 2.12 bits per heavy atom. The second kappa shape index (κ2) is 4.04. The molecule has 0 bridgehead atoms. The van der Waals surface area contributed by atoms with Gasteiger partial charge >= 0.3 is 0 Å². The first-order valence-electron chi connectivity index (χ1n) is 5.30. The summed E-state index contributed by atoms with van der Waals surface area (Å²) in [6, 6.07) is 3.40. The molecular weight excluding hydrogens is 245 g/mol. The molecule has 4 nitrogen and oxygen atoms in total. The molecule has 1 aromatic carbocycles. The van der Waals surface area contributed by atoms with Gasteiger partial charge in [0.1, 0.15) is 5.82 Å². The molecule has 0 saturated heterocycles. The van der Waals surface area contributed by atoms with Gasteiger partial charge in [-0.25, -0.2) is 17.5 Å². The summed E-state index contributed by atoms with van der Waals surface area (Å²) in [6.07, 6.45) is 1.61. The second-order valence-electron chi connectivity index (χ2n) is 4.58. The quantitative estimate of drug-likeness (QED) is 0.852. The standard InChI is InChI=1S/C11H14FNO3S/c1-11(4-5-11)13-17(15,16)9-2-3-10(12)8(6-9)7-14/h2-3,6,13-14H,4-5,7H2,1H3. The van der Waals surface area contributed by atoms with Crippen LogP contribution in [-0.2, 0) is 16.6 Å². The van der Waals surface area contributed by atoms with Gasteiger partial charge in [-0.2, -0.15) is 0 Å². The lowest BCUT2D eigenvalue weighted by Crippen LogP contribution is -2.34. The number of hydrogen-bond donors (Lipinski definition) is 2. The Labute approximate surface area is 99.5 Å². The first-order chi connectivity index (χ1) is 7.86. The van der Waals surface area contributed by atoms with Gasteiger partial charge in [0.15, 0.2) is 0 Å². The first kappa shape index (κ1) is 12.5. The van der Waals surface area contributed by atoms with Crippen molar-refractivity contribution in [3.05, 3.63) is 29.6 Å². The van der Waals surface area contributed by atoms with Crippen molar-refractivity contribution < 1.29 is 17.9 Å². The Hall–Kier alpha value is -0.980. The molecule has 1 aliphatic carbocycles. The zero-order chi connectivity index (χ0) is 12.7. The molecule has 2 rings (SSSR count). The van der Waals surface area contributed by atoms with Crippen molar-refractivity contribution in [3.8, 4) is 0 Å². The van der Waals surface area contributed by atoms with Crippen LogP contribution in [0.3, 0.4) is 0 Å². The van der Waals surface area contributed by atoms with Crippen molar-refractivity contribution in [1.29, 1.82) is 0 Å². The van der Waals surface area contributed by atoms with Crippen molar-refractivity contribution in [2.24, 2.45) is 0 Å². The molecule has 17 heavy (non-hydrogen) atoms. The fraction of sp³-hybridized carbons (Fsp3) is 0.455. The third kappa shape index (κ3) is 2.65. The van der Waals surface area contributed by atoms with E-state index in [-0.39, 0.29) is 16.0 Å². The predicted molar refractivity (Wildman–Crippen MR) is 60.3 cm³/mol. The molecule has 0 aromatic heterocycles. The average Bonchev–Trinajstić information content (AvgIpc) is 2.95. The fourth-order valence-corrected chi connectivity index (χ4v) is 3.03. The zero-order valence-corrected chi connectivity index (χ0v) is 10.2. The van der Waals surface area contributed by atoms with Crippen LogP contribution in [-0.4, -0.2) is 19.1 Å². The molecule has 2 N–H and O–H groups in total. The highest BCUT2D eigenvalue weighted by atomic mass is 32.2. The van der Waals surface area contributed by atoms with Gasteiger partial charge in [0, 0.05) is 11.1 Å². The summed E-state index contributed by atoms with van der Waals surface area (Å²) in [6.45, 7) is 1.30. The van der Waals surface area contributed by atoms with Crippen LogP contribution in [0.2, 0.25) is 0 Å². The number of halogens is 1. The number of aliphatic hydroxyl groups is 1. The maximum Gasteiger partial charge on any atom is 0.241 e. The topological polar surface area (TPSA) is 66.4 Å². The molecule has 0 heterocycles. The Bertz CT molecular complexity index is 538. The predicted octanol–water partition coefficient (Wildman–Crippen LogP) is 1.15. The SMILES string of the molecule is CC1(NS(=O)(=O)c2ccc(F)c(CO)c2)CC1. The van der Waals surface area contributed by atoms with E-state index in [1.165, 1.54) is 6.07 Å². The van der Waals surface area contributed by atoms with Crippen LogP contribution in [0.25, 0.3) is 0 Å². The number of rotatable bonds is 4. The minimum absolute atomic E-state index is 0.0175. The smallest absolute Gasteiger partial charge is 0.241 e. The lowest BCUT2D eigenvalue weighted by molar-refractivity contribution is 0.275.